The summed E-state index contributed by atoms with van der Waals surface area (Å²) in [5, 5.41) is 4.50. The van der Waals surface area contributed by atoms with Gasteiger partial charge in [0, 0.05) is 18.3 Å². The number of carbonyl (C=O) groups excluding carboxylic acids is 3. The molecule has 11 heteroatoms. The van der Waals surface area contributed by atoms with Crippen molar-refractivity contribution in [3.8, 4) is 0 Å². The van der Waals surface area contributed by atoms with Gasteiger partial charge in [0.1, 0.15) is 0 Å². The summed E-state index contributed by atoms with van der Waals surface area (Å²) < 4.78 is 37.1. The van der Waals surface area contributed by atoms with Gasteiger partial charge in [0.05, 0.1) is 18.5 Å². The lowest BCUT2D eigenvalue weighted by Crippen LogP contribution is -2.35. The maximum Gasteiger partial charge on any atom is 0.419 e. The Bertz CT molecular complexity index is 1190. The number of aryl methyl sites for hydroxylation is 1. The number of fused-ring (bicyclic) bond motifs is 1. The minimum atomic E-state index is -1.13. The Morgan fingerprint density at radius 3 is 2.58 bits per heavy atom. The highest BCUT2D eigenvalue weighted by atomic mass is 19.2. The van der Waals surface area contributed by atoms with Gasteiger partial charge in [-0.05, 0) is 24.3 Å². The molecular formula is C20H17F2N3O6. The largest absolute Gasteiger partial charge is 0.456 e. The van der Waals surface area contributed by atoms with Crippen LogP contribution in [-0.4, -0.2) is 35.5 Å². The number of nitrogens with one attached hydrogen (secondary N) is 2. The fourth-order valence-electron chi connectivity index (χ4n) is 2.66. The number of benzene rings is 2. The predicted octanol–water partition coefficient (Wildman–Crippen LogP) is 1.56. The van der Waals surface area contributed by atoms with Crippen molar-refractivity contribution in [2.75, 3.05) is 18.5 Å². The standard InChI is InChI=1S/C20H17F2N3O6/c21-13-6-5-12(9-14(13)22)24-17(26)10-23-18(27)11-30-19(28)7-8-25-15-3-1-2-4-16(15)31-20(25)29/h1-6,9H,7-8,10-11H2,(H,23,27)(H,24,26). The van der Waals surface area contributed by atoms with Crippen LogP contribution < -0.4 is 16.4 Å². The molecule has 0 aliphatic rings. The van der Waals surface area contributed by atoms with Gasteiger partial charge >= 0.3 is 11.7 Å². The summed E-state index contributed by atoms with van der Waals surface area (Å²) in [7, 11) is 0. The van der Waals surface area contributed by atoms with Crippen LogP contribution in [0.5, 0.6) is 0 Å². The van der Waals surface area contributed by atoms with Crippen molar-refractivity contribution in [2.45, 2.75) is 13.0 Å². The van der Waals surface area contributed by atoms with Gasteiger partial charge < -0.3 is 19.8 Å². The second kappa shape index (κ2) is 9.65. The summed E-state index contributed by atoms with van der Waals surface area (Å²) in [6, 6.07) is 9.53. The monoisotopic (exact) mass is 433 g/mol. The zero-order chi connectivity index (χ0) is 22.4. The third-order valence-corrected chi connectivity index (χ3v) is 4.13. The number of aromatic nitrogens is 1. The zero-order valence-corrected chi connectivity index (χ0v) is 16.0. The number of amides is 2. The van der Waals surface area contributed by atoms with Gasteiger partial charge in [-0.15, -0.1) is 0 Å². The first kappa shape index (κ1) is 21.7. The summed E-state index contributed by atoms with van der Waals surface area (Å²) in [5.74, 6) is -4.94. The molecule has 1 aromatic heterocycles. The topological polar surface area (TPSA) is 120 Å². The van der Waals surface area contributed by atoms with Crippen molar-refractivity contribution in [3.63, 3.8) is 0 Å². The summed E-state index contributed by atoms with van der Waals surface area (Å²) in [5.41, 5.74) is 0.943. The van der Waals surface area contributed by atoms with Crippen LogP contribution in [-0.2, 0) is 25.7 Å². The first-order valence-corrected chi connectivity index (χ1v) is 9.09. The number of rotatable bonds is 8. The number of halogens is 2. The molecule has 0 spiro atoms. The van der Waals surface area contributed by atoms with Gasteiger partial charge in [-0.1, -0.05) is 12.1 Å². The lowest BCUT2D eigenvalue weighted by molar-refractivity contribution is -0.148. The van der Waals surface area contributed by atoms with E-state index in [4.69, 9.17) is 9.15 Å². The highest BCUT2D eigenvalue weighted by molar-refractivity contribution is 5.94. The van der Waals surface area contributed by atoms with Crippen LogP contribution in [0.25, 0.3) is 11.1 Å². The lowest BCUT2D eigenvalue weighted by Gasteiger charge is -2.08. The van der Waals surface area contributed by atoms with Crippen LogP contribution >= 0.6 is 0 Å². The molecule has 0 saturated heterocycles. The molecule has 2 amide bonds. The Morgan fingerprint density at radius 2 is 1.81 bits per heavy atom. The lowest BCUT2D eigenvalue weighted by atomic mass is 10.3. The van der Waals surface area contributed by atoms with Crippen LogP contribution in [0.2, 0.25) is 0 Å². The van der Waals surface area contributed by atoms with Crippen molar-refractivity contribution >= 4 is 34.6 Å². The van der Waals surface area contributed by atoms with Crippen molar-refractivity contribution < 1.29 is 32.3 Å². The Hall–Kier alpha value is -4.02. The number of hydrogen-bond donors (Lipinski definition) is 2. The number of esters is 1. The van der Waals surface area contributed by atoms with E-state index in [9.17, 15) is 28.0 Å². The molecule has 1 heterocycles. The SMILES string of the molecule is O=C(COC(=O)CCn1c(=O)oc2ccccc21)NCC(=O)Nc1ccc(F)c(F)c1. The average Bonchev–Trinajstić information content (AvgIpc) is 3.06. The molecule has 2 aromatic carbocycles. The normalized spacial score (nSPS) is 10.6. The molecule has 0 aliphatic carbocycles. The fraction of sp³-hybridized carbons (Fsp3) is 0.200. The van der Waals surface area contributed by atoms with Gasteiger partial charge in [-0.25, -0.2) is 13.6 Å². The van der Waals surface area contributed by atoms with Crippen LogP contribution in [0.4, 0.5) is 14.5 Å². The number of anilines is 1. The molecule has 0 aliphatic heterocycles. The van der Waals surface area contributed by atoms with Gasteiger partial charge in [-0.3, -0.25) is 19.0 Å². The molecule has 0 fully saturated rings. The summed E-state index contributed by atoms with van der Waals surface area (Å²) in [6.07, 6.45) is -0.173. The molecule has 31 heavy (non-hydrogen) atoms. The van der Waals surface area contributed by atoms with Gasteiger partial charge in [0.2, 0.25) is 5.91 Å². The molecular weight excluding hydrogens is 416 g/mol. The Balaban J connectivity index is 1.39. The number of ether oxygens (including phenoxy) is 1. The number of oxazole rings is 1. The predicted molar refractivity (Wildman–Crippen MR) is 104 cm³/mol. The van der Waals surface area contributed by atoms with E-state index >= 15 is 0 Å². The van der Waals surface area contributed by atoms with E-state index in [2.05, 4.69) is 10.6 Å². The van der Waals surface area contributed by atoms with Gasteiger partial charge in [0.15, 0.2) is 23.8 Å². The third kappa shape index (κ3) is 5.75. The Labute approximate surface area is 173 Å². The van der Waals surface area contributed by atoms with E-state index in [0.717, 1.165) is 18.2 Å². The minimum absolute atomic E-state index is 0.00688. The molecule has 3 rings (SSSR count). The van der Waals surface area contributed by atoms with Crippen LogP contribution in [0, 0.1) is 11.6 Å². The smallest absolute Gasteiger partial charge is 0.419 e. The first-order valence-electron chi connectivity index (χ1n) is 9.09. The van der Waals surface area contributed by atoms with E-state index in [1.807, 2.05) is 0 Å². The van der Waals surface area contributed by atoms with E-state index in [0.29, 0.717) is 11.1 Å². The van der Waals surface area contributed by atoms with Gasteiger partial charge in [0.25, 0.3) is 5.91 Å². The average molecular weight is 433 g/mol. The molecule has 3 aromatic rings. The number of hydrogen-bond acceptors (Lipinski definition) is 6. The second-order valence-corrected chi connectivity index (χ2v) is 6.35. The molecule has 0 bridgehead atoms. The highest BCUT2D eigenvalue weighted by Gasteiger charge is 2.13. The molecule has 2 N–H and O–H groups in total. The van der Waals surface area contributed by atoms with E-state index < -0.39 is 48.3 Å². The molecule has 0 saturated carbocycles. The second-order valence-electron chi connectivity index (χ2n) is 6.35. The van der Waals surface area contributed by atoms with Gasteiger partial charge in [-0.2, -0.15) is 0 Å². The number of para-hydroxylation sites is 2. The maximum atomic E-state index is 13.1. The van der Waals surface area contributed by atoms with Crippen molar-refractivity contribution in [1.82, 2.24) is 9.88 Å². The van der Waals surface area contributed by atoms with Crippen LogP contribution in [0.15, 0.2) is 51.7 Å². The van der Waals surface area contributed by atoms with E-state index in [1.54, 1.807) is 24.3 Å². The number of carbonyl (C=O) groups is 3. The maximum absolute atomic E-state index is 13.1. The van der Waals surface area contributed by atoms with Crippen LogP contribution in [0.1, 0.15) is 6.42 Å². The summed E-state index contributed by atoms with van der Waals surface area (Å²) >= 11 is 0. The third-order valence-electron chi connectivity index (χ3n) is 4.13. The van der Waals surface area contributed by atoms with Crippen molar-refractivity contribution in [3.05, 3.63) is 64.6 Å². The molecule has 9 nitrogen and oxygen atoms in total. The molecule has 0 radical (unpaired) electrons. The quantitative estimate of drug-likeness (QED) is 0.521. The van der Waals surface area contributed by atoms with Crippen molar-refractivity contribution in [1.29, 1.82) is 0 Å². The number of nitrogens with zero attached hydrogens (tertiary/aromatic N) is 1. The molecule has 162 valence electrons. The zero-order valence-electron chi connectivity index (χ0n) is 16.0. The van der Waals surface area contributed by atoms with E-state index in [-0.39, 0.29) is 18.7 Å². The summed E-state index contributed by atoms with van der Waals surface area (Å²) in [6.45, 7) is -1.09. The minimum Gasteiger partial charge on any atom is -0.456 e. The first-order chi connectivity index (χ1) is 14.8. The Morgan fingerprint density at radius 1 is 1.03 bits per heavy atom. The van der Waals surface area contributed by atoms with Crippen LogP contribution in [0.3, 0.4) is 0 Å². The highest BCUT2D eigenvalue weighted by Crippen LogP contribution is 2.13. The molecule has 0 unspecified atom stereocenters. The summed E-state index contributed by atoms with van der Waals surface area (Å²) in [4.78, 5) is 47.1. The van der Waals surface area contributed by atoms with Crippen molar-refractivity contribution in [2.24, 2.45) is 0 Å². The van der Waals surface area contributed by atoms with E-state index in [1.165, 1.54) is 4.57 Å². The molecule has 0 atom stereocenters. The Kier molecular flexibility index (Phi) is 6.75. The fourth-order valence-corrected chi connectivity index (χ4v) is 2.66.